The minimum Gasteiger partial charge on any atom is -0.493 e. The molecule has 0 fully saturated rings. The van der Waals surface area contributed by atoms with Crippen LogP contribution in [0.2, 0.25) is 0 Å². The Morgan fingerprint density at radius 2 is 1.57 bits per heavy atom. The summed E-state index contributed by atoms with van der Waals surface area (Å²) in [6.07, 6.45) is 1.24. The van der Waals surface area contributed by atoms with E-state index in [1.807, 2.05) is 56.3 Å². The fourth-order valence-electron chi connectivity index (χ4n) is 4.41. The number of benzene rings is 4. The van der Waals surface area contributed by atoms with Gasteiger partial charge < -0.3 is 30.7 Å². The molecule has 0 amide bonds. The van der Waals surface area contributed by atoms with Gasteiger partial charge in [0.25, 0.3) is 0 Å². The SMILES string of the molecule is CCOC.CCOc1cc2c(Nc3ccc(N)c(C=N)c3)nc(-c3cc(C)cc(-c4ccccc4)c3)nc2cc1OC. The largest absolute Gasteiger partial charge is 0.493 e. The first kappa shape index (κ1) is 30.0. The third-order valence-corrected chi connectivity index (χ3v) is 6.52. The first-order valence-corrected chi connectivity index (χ1v) is 13.8. The molecule has 0 saturated carbocycles. The van der Waals surface area contributed by atoms with Crippen molar-refractivity contribution in [3.05, 3.63) is 90.0 Å². The highest BCUT2D eigenvalue weighted by Crippen LogP contribution is 2.37. The zero-order valence-corrected chi connectivity index (χ0v) is 24.7. The maximum Gasteiger partial charge on any atom is 0.162 e. The zero-order valence-electron chi connectivity index (χ0n) is 24.7. The lowest BCUT2D eigenvalue weighted by Crippen LogP contribution is -2.03. The summed E-state index contributed by atoms with van der Waals surface area (Å²) in [5.41, 5.74) is 12.9. The van der Waals surface area contributed by atoms with E-state index in [-0.39, 0.29) is 0 Å². The van der Waals surface area contributed by atoms with Crippen molar-refractivity contribution in [1.82, 2.24) is 9.97 Å². The normalized spacial score (nSPS) is 10.5. The minimum absolute atomic E-state index is 0.496. The Bertz CT molecular complexity index is 1670. The maximum absolute atomic E-state index is 7.68. The van der Waals surface area contributed by atoms with Crippen molar-refractivity contribution in [2.75, 3.05) is 38.5 Å². The van der Waals surface area contributed by atoms with E-state index in [4.69, 9.17) is 30.6 Å². The summed E-state index contributed by atoms with van der Waals surface area (Å²) in [4.78, 5) is 9.91. The zero-order chi connectivity index (χ0) is 30.1. The number of nitrogen functional groups attached to an aromatic ring is 1. The molecule has 42 heavy (non-hydrogen) atoms. The van der Waals surface area contributed by atoms with Crippen molar-refractivity contribution in [2.24, 2.45) is 0 Å². The second-order valence-electron chi connectivity index (χ2n) is 9.49. The second kappa shape index (κ2) is 14.1. The first-order valence-electron chi connectivity index (χ1n) is 13.8. The minimum atomic E-state index is 0.496. The second-order valence-corrected chi connectivity index (χ2v) is 9.49. The van der Waals surface area contributed by atoms with Crippen molar-refractivity contribution in [2.45, 2.75) is 20.8 Å². The van der Waals surface area contributed by atoms with Crippen molar-refractivity contribution in [1.29, 1.82) is 5.41 Å². The molecule has 0 atom stereocenters. The highest BCUT2D eigenvalue weighted by Gasteiger charge is 2.16. The number of hydrogen-bond acceptors (Lipinski definition) is 8. The topological polar surface area (TPSA) is 115 Å². The van der Waals surface area contributed by atoms with Crippen LogP contribution in [0.1, 0.15) is 25.0 Å². The molecule has 216 valence electrons. The summed E-state index contributed by atoms with van der Waals surface area (Å²) in [5, 5.41) is 11.9. The summed E-state index contributed by atoms with van der Waals surface area (Å²) in [6, 6.07) is 25.8. The Labute approximate surface area is 247 Å². The molecule has 4 N–H and O–H groups in total. The summed E-state index contributed by atoms with van der Waals surface area (Å²) in [6.45, 7) is 7.27. The van der Waals surface area contributed by atoms with Crippen LogP contribution in [-0.4, -0.2) is 43.6 Å². The van der Waals surface area contributed by atoms with Gasteiger partial charge in [-0.05, 0) is 73.9 Å². The van der Waals surface area contributed by atoms with Gasteiger partial charge in [-0.25, -0.2) is 9.97 Å². The summed E-state index contributed by atoms with van der Waals surface area (Å²) in [7, 11) is 3.30. The van der Waals surface area contributed by atoms with Gasteiger partial charge in [0, 0.05) is 53.9 Å². The van der Waals surface area contributed by atoms with Crippen molar-refractivity contribution in [3.63, 3.8) is 0 Å². The summed E-state index contributed by atoms with van der Waals surface area (Å²) >= 11 is 0. The Hall–Kier alpha value is -4.95. The average molecular weight is 564 g/mol. The standard InChI is InChI=1S/C31H29N5O2.C3H8O/c1-4-38-29-16-25-27(17-28(29)37-3)35-30(36-31(25)34-24-10-11-26(33)23(15-24)18-32)22-13-19(2)12-21(14-22)20-8-6-5-7-9-20;1-3-4-2/h5-18,32H,4,33H2,1-3H3,(H,34,35,36);3H2,1-2H3. The molecule has 0 aliphatic rings. The molecule has 0 aliphatic heterocycles. The van der Waals surface area contributed by atoms with Gasteiger partial charge in [-0.2, -0.15) is 0 Å². The summed E-state index contributed by atoms with van der Waals surface area (Å²) in [5.74, 6) is 2.40. The van der Waals surface area contributed by atoms with Crippen LogP contribution in [0.25, 0.3) is 33.4 Å². The number of methoxy groups -OCH3 is 2. The highest BCUT2D eigenvalue weighted by atomic mass is 16.5. The average Bonchev–Trinajstić information content (AvgIpc) is 3.02. The number of hydrogen-bond donors (Lipinski definition) is 3. The van der Waals surface area contributed by atoms with Crippen LogP contribution in [0.4, 0.5) is 17.2 Å². The van der Waals surface area contributed by atoms with Crippen LogP contribution in [0, 0.1) is 12.3 Å². The predicted octanol–water partition coefficient (Wildman–Crippen LogP) is 7.66. The number of fused-ring (bicyclic) bond motifs is 1. The van der Waals surface area contributed by atoms with E-state index in [1.54, 1.807) is 20.3 Å². The molecule has 0 unspecified atom stereocenters. The van der Waals surface area contributed by atoms with Crippen LogP contribution in [0.3, 0.4) is 0 Å². The Morgan fingerprint density at radius 3 is 2.24 bits per heavy atom. The molecule has 5 rings (SSSR count). The van der Waals surface area contributed by atoms with E-state index < -0.39 is 0 Å². The molecule has 0 saturated heterocycles. The molecule has 8 heteroatoms. The van der Waals surface area contributed by atoms with E-state index in [2.05, 4.69) is 47.3 Å². The number of aryl methyl sites for hydroxylation is 1. The van der Waals surface area contributed by atoms with Gasteiger partial charge in [-0.15, -0.1) is 0 Å². The monoisotopic (exact) mass is 563 g/mol. The smallest absolute Gasteiger partial charge is 0.162 e. The van der Waals surface area contributed by atoms with Gasteiger partial charge >= 0.3 is 0 Å². The number of anilines is 3. The van der Waals surface area contributed by atoms with E-state index in [9.17, 15) is 0 Å². The molecular weight excluding hydrogens is 526 g/mol. The summed E-state index contributed by atoms with van der Waals surface area (Å²) < 4.78 is 16.0. The van der Waals surface area contributed by atoms with Crippen molar-refractivity contribution in [3.8, 4) is 34.0 Å². The molecule has 5 aromatic rings. The van der Waals surface area contributed by atoms with Crippen LogP contribution in [-0.2, 0) is 4.74 Å². The van der Waals surface area contributed by atoms with Gasteiger partial charge in [0.2, 0.25) is 0 Å². The lowest BCUT2D eigenvalue weighted by molar-refractivity contribution is 0.215. The number of nitrogens with zero attached hydrogens (tertiary/aromatic N) is 2. The van der Waals surface area contributed by atoms with Gasteiger partial charge in [0.15, 0.2) is 17.3 Å². The van der Waals surface area contributed by atoms with Crippen molar-refractivity contribution < 1.29 is 14.2 Å². The van der Waals surface area contributed by atoms with Gasteiger partial charge in [0.1, 0.15) is 5.82 Å². The van der Waals surface area contributed by atoms with Crippen LogP contribution < -0.4 is 20.5 Å². The number of nitrogens with two attached hydrogens (primary N) is 1. The van der Waals surface area contributed by atoms with Crippen molar-refractivity contribution >= 4 is 34.3 Å². The predicted molar refractivity (Wildman–Crippen MR) is 172 cm³/mol. The van der Waals surface area contributed by atoms with E-state index in [0.717, 1.165) is 39.9 Å². The number of rotatable bonds is 9. The molecule has 0 bridgehead atoms. The number of ether oxygens (including phenoxy) is 3. The lowest BCUT2D eigenvalue weighted by Gasteiger charge is -2.16. The fourth-order valence-corrected chi connectivity index (χ4v) is 4.41. The molecular formula is C34H37N5O3. The van der Waals surface area contributed by atoms with Crippen LogP contribution >= 0.6 is 0 Å². The third-order valence-electron chi connectivity index (χ3n) is 6.52. The Morgan fingerprint density at radius 1 is 0.833 bits per heavy atom. The molecule has 0 spiro atoms. The molecule has 8 nitrogen and oxygen atoms in total. The van der Waals surface area contributed by atoms with E-state index in [0.29, 0.717) is 46.5 Å². The molecule has 1 heterocycles. The van der Waals surface area contributed by atoms with Crippen LogP contribution in [0.15, 0.2) is 78.9 Å². The number of nitrogens with one attached hydrogen (secondary N) is 2. The number of aromatic nitrogens is 2. The van der Waals surface area contributed by atoms with Gasteiger partial charge in [-0.3, -0.25) is 0 Å². The maximum atomic E-state index is 7.68. The molecule has 0 aliphatic carbocycles. The molecule has 4 aromatic carbocycles. The Balaban J connectivity index is 0.000000952. The Kier molecular flexibility index (Phi) is 10.1. The quantitative estimate of drug-likeness (QED) is 0.125. The first-order chi connectivity index (χ1) is 20.4. The van der Waals surface area contributed by atoms with Gasteiger partial charge in [-0.1, -0.05) is 36.4 Å². The van der Waals surface area contributed by atoms with Crippen LogP contribution in [0.5, 0.6) is 11.5 Å². The van der Waals surface area contributed by atoms with Gasteiger partial charge in [0.05, 0.1) is 19.2 Å². The van der Waals surface area contributed by atoms with E-state index >= 15 is 0 Å². The van der Waals surface area contributed by atoms with E-state index in [1.165, 1.54) is 6.21 Å². The molecule has 1 aromatic heterocycles. The fraction of sp³-hybridized carbons (Fsp3) is 0.206. The molecule has 0 radical (unpaired) electrons. The lowest BCUT2D eigenvalue weighted by atomic mass is 10.00. The third kappa shape index (κ3) is 7.03. The highest BCUT2D eigenvalue weighted by molar-refractivity contribution is 5.95.